The van der Waals surface area contributed by atoms with Gasteiger partial charge in [0.25, 0.3) is 0 Å². The second kappa shape index (κ2) is 3.63. The van der Waals surface area contributed by atoms with Crippen LogP contribution in [0.15, 0.2) is 42.5 Å². The molecule has 4 rings (SSSR count). The summed E-state index contributed by atoms with van der Waals surface area (Å²) in [6, 6.07) is 14.3. The van der Waals surface area contributed by atoms with Crippen LogP contribution in [-0.4, -0.2) is 9.38 Å². The Morgan fingerprint density at radius 1 is 1.05 bits per heavy atom. The molecule has 2 aromatic heterocycles. The zero-order valence-corrected chi connectivity index (χ0v) is 11.8. The first-order chi connectivity index (χ1) is 9.58. The van der Waals surface area contributed by atoms with Crippen molar-refractivity contribution in [3.63, 3.8) is 0 Å². The van der Waals surface area contributed by atoms with Crippen molar-refractivity contribution in [1.29, 1.82) is 0 Å². The van der Waals surface area contributed by atoms with Crippen molar-refractivity contribution >= 4 is 5.65 Å². The van der Waals surface area contributed by atoms with Crippen molar-refractivity contribution < 1.29 is 4.74 Å². The van der Waals surface area contributed by atoms with Gasteiger partial charge in [-0.25, -0.2) is 4.98 Å². The highest BCUT2D eigenvalue weighted by Gasteiger charge is 2.37. The molecule has 0 amide bonds. The Kier molecular flexibility index (Phi) is 2.09. The number of ether oxygens (including phenoxy) is 1. The molecule has 20 heavy (non-hydrogen) atoms. The van der Waals surface area contributed by atoms with Gasteiger partial charge in [-0.05, 0) is 45.0 Å². The highest BCUT2D eigenvalue weighted by atomic mass is 16.5. The number of hydrogen-bond acceptors (Lipinski definition) is 2. The van der Waals surface area contributed by atoms with Gasteiger partial charge in [-0.3, -0.25) is 4.40 Å². The average Bonchev–Trinajstić information content (AvgIpc) is 2.80. The minimum atomic E-state index is -0.394. The van der Waals surface area contributed by atoms with Crippen LogP contribution in [0.25, 0.3) is 16.9 Å². The lowest BCUT2D eigenvalue weighted by Gasteiger charge is -2.32. The van der Waals surface area contributed by atoms with E-state index in [0.717, 1.165) is 28.3 Å². The molecule has 0 aliphatic carbocycles. The molecule has 1 aromatic carbocycles. The lowest BCUT2D eigenvalue weighted by atomic mass is 9.94. The molecule has 3 heteroatoms. The van der Waals surface area contributed by atoms with Gasteiger partial charge in [-0.1, -0.05) is 18.2 Å². The molecule has 0 fully saturated rings. The molecule has 1 aliphatic rings. The highest BCUT2D eigenvalue weighted by Crippen LogP contribution is 2.44. The van der Waals surface area contributed by atoms with E-state index in [-0.39, 0.29) is 0 Å². The fourth-order valence-electron chi connectivity index (χ4n) is 3.07. The molecule has 0 saturated carbocycles. The zero-order chi connectivity index (χ0) is 13.9. The van der Waals surface area contributed by atoms with Crippen molar-refractivity contribution in [2.45, 2.75) is 26.4 Å². The number of aromatic nitrogens is 2. The Labute approximate surface area is 117 Å². The molecule has 0 bridgehead atoms. The molecule has 3 heterocycles. The average molecular weight is 264 g/mol. The maximum absolute atomic E-state index is 6.21. The van der Waals surface area contributed by atoms with Crippen LogP contribution < -0.4 is 4.74 Å². The van der Waals surface area contributed by atoms with Crippen LogP contribution >= 0.6 is 0 Å². The summed E-state index contributed by atoms with van der Waals surface area (Å²) in [6.07, 6.45) is 0. The molecule has 0 spiro atoms. The first-order valence-electron chi connectivity index (χ1n) is 6.85. The molecular formula is C17H16N2O. The third-order valence-electron chi connectivity index (χ3n) is 3.92. The van der Waals surface area contributed by atoms with Crippen LogP contribution in [0, 0.1) is 6.92 Å². The Hall–Kier alpha value is -2.29. The second-order valence-corrected chi connectivity index (χ2v) is 5.78. The molecule has 0 N–H and O–H groups in total. The van der Waals surface area contributed by atoms with Crippen molar-refractivity contribution in [2.24, 2.45) is 0 Å². The van der Waals surface area contributed by atoms with Gasteiger partial charge in [0.05, 0.1) is 5.69 Å². The first kappa shape index (κ1) is 11.5. The van der Waals surface area contributed by atoms with Crippen molar-refractivity contribution in [1.82, 2.24) is 9.38 Å². The van der Waals surface area contributed by atoms with E-state index >= 15 is 0 Å². The normalized spacial score (nSPS) is 15.6. The summed E-state index contributed by atoms with van der Waals surface area (Å²) in [6.45, 7) is 6.30. The Morgan fingerprint density at radius 2 is 1.85 bits per heavy atom. The van der Waals surface area contributed by atoms with Crippen LogP contribution in [-0.2, 0) is 5.60 Å². The van der Waals surface area contributed by atoms with E-state index < -0.39 is 5.60 Å². The molecule has 0 unspecified atom stereocenters. The van der Waals surface area contributed by atoms with Crippen molar-refractivity contribution in [3.05, 3.63) is 53.9 Å². The Bertz CT molecular complexity index is 830. The standard InChI is InChI=1S/C17H16N2O/c1-11-7-6-10-14-18-15-12-8-4-5-9-13(12)20-17(2,3)16(15)19(11)14/h4-10H,1-3H3. The number of nitrogens with zero attached hydrogens (tertiary/aromatic N) is 2. The summed E-state index contributed by atoms with van der Waals surface area (Å²) >= 11 is 0. The summed E-state index contributed by atoms with van der Waals surface area (Å²) in [5.41, 5.74) is 4.99. The zero-order valence-electron chi connectivity index (χ0n) is 11.8. The summed E-state index contributed by atoms with van der Waals surface area (Å²) in [4.78, 5) is 4.83. The van der Waals surface area contributed by atoms with Crippen LogP contribution in [0.2, 0.25) is 0 Å². The van der Waals surface area contributed by atoms with E-state index in [1.165, 1.54) is 5.69 Å². The third-order valence-corrected chi connectivity index (χ3v) is 3.92. The van der Waals surface area contributed by atoms with Crippen LogP contribution in [0.1, 0.15) is 25.2 Å². The fraction of sp³-hybridized carbons (Fsp3) is 0.235. The Balaban J connectivity index is 2.18. The number of fused-ring (bicyclic) bond motifs is 5. The highest BCUT2D eigenvalue weighted by molar-refractivity contribution is 5.75. The van der Waals surface area contributed by atoms with Gasteiger partial charge in [0.2, 0.25) is 0 Å². The summed E-state index contributed by atoms with van der Waals surface area (Å²) < 4.78 is 8.41. The number of para-hydroxylation sites is 1. The number of pyridine rings is 1. The largest absolute Gasteiger partial charge is 0.481 e. The number of hydrogen-bond donors (Lipinski definition) is 0. The van der Waals surface area contributed by atoms with Gasteiger partial charge in [-0.15, -0.1) is 0 Å². The predicted octanol–water partition coefficient (Wildman–Crippen LogP) is 3.94. The SMILES string of the molecule is Cc1cccc2nc3c(n12)C(C)(C)Oc1ccccc1-3. The van der Waals surface area contributed by atoms with E-state index in [1.807, 2.05) is 30.3 Å². The van der Waals surface area contributed by atoms with E-state index in [9.17, 15) is 0 Å². The summed E-state index contributed by atoms with van der Waals surface area (Å²) in [5, 5.41) is 0. The second-order valence-electron chi connectivity index (χ2n) is 5.78. The molecule has 3 aromatic rings. The molecule has 0 atom stereocenters. The lowest BCUT2D eigenvalue weighted by Crippen LogP contribution is -2.31. The molecule has 3 nitrogen and oxygen atoms in total. The number of aryl methyl sites for hydroxylation is 1. The Morgan fingerprint density at radius 3 is 2.70 bits per heavy atom. The first-order valence-corrected chi connectivity index (χ1v) is 6.85. The topological polar surface area (TPSA) is 26.5 Å². The summed E-state index contributed by atoms with van der Waals surface area (Å²) in [7, 11) is 0. The van der Waals surface area contributed by atoms with Gasteiger partial charge in [0, 0.05) is 11.3 Å². The molecule has 0 radical (unpaired) electrons. The molecule has 0 saturated heterocycles. The summed E-state index contributed by atoms with van der Waals surface area (Å²) in [5.74, 6) is 0.908. The number of benzene rings is 1. The maximum Gasteiger partial charge on any atom is 0.146 e. The minimum Gasteiger partial charge on any atom is -0.481 e. The van der Waals surface area contributed by atoms with E-state index in [2.05, 4.69) is 37.3 Å². The van der Waals surface area contributed by atoms with Gasteiger partial charge >= 0.3 is 0 Å². The van der Waals surface area contributed by atoms with E-state index in [1.54, 1.807) is 0 Å². The maximum atomic E-state index is 6.21. The predicted molar refractivity (Wildman–Crippen MR) is 79.0 cm³/mol. The van der Waals surface area contributed by atoms with E-state index in [0.29, 0.717) is 0 Å². The lowest BCUT2D eigenvalue weighted by molar-refractivity contribution is 0.0994. The van der Waals surface area contributed by atoms with Gasteiger partial charge in [0.15, 0.2) is 0 Å². The smallest absolute Gasteiger partial charge is 0.146 e. The monoisotopic (exact) mass is 264 g/mol. The van der Waals surface area contributed by atoms with Crippen LogP contribution in [0.3, 0.4) is 0 Å². The van der Waals surface area contributed by atoms with Crippen molar-refractivity contribution in [3.8, 4) is 17.0 Å². The fourth-order valence-corrected chi connectivity index (χ4v) is 3.07. The quantitative estimate of drug-likeness (QED) is 0.615. The van der Waals surface area contributed by atoms with Gasteiger partial charge < -0.3 is 4.74 Å². The van der Waals surface area contributed by atoms with E-state index in [4.69, 9.17) is 9.72 Å². The molecule has 1 aliphatic heterocycles. The van der Waals surface area contributed by atoms with Crippen LogP contribution in [0.5, 0.6) is 5.75 Å². The minimum absolute atomic E-state index is 0.394. The number of rotatable bonds is 0. The van der Waals surface area contributed by atoms with Gasteiger partial charge in [-0.2, -0.15) is 0 Å². The van der Waals surface area contributed by atoms with Crippen LogP contribution in [0.4, 0.5) is 0 Å². The van der Waals surface area contributed by atoms with Crippen molar-refractivity contribution in [2.75, 3.05) is 0 Å². The molecule has 100 valence electrons. The molecular weight excluding hydrogens is 248 g/mol. The third kappa shape index (κ3) is 1.38. The number of imidazole rings is 1. The van der Waals surface area contributed by atoms with Gasteiger partial charge in [0.1, 0.15) is 22.7 Å².